The Kier molecular flexibility index (Phi) is 5.28. The number of fused-ring (bicyclic) bond motifs is 1. The summed E-state index contributed by atoms with van der Waals surface area (Å²) in [5.41, 5.74) is 2.20. The third-order valence-corrected chi connectivity index (χ3v) is 4.72. The SMILES string of the molecule is Cn1c(CCCNC(=O)CCC2CCNC2)nc2ccccc21. The zero-order chi connectivity index (χ0) is 16.1. The molecular formula is C18H26N4O. The number of aromatic nitrogens is 2. The third kappa shape index (κ3) is 4.10. The molecule has 1 aliphatic heterocycles. The van der Waals surface area contributed by atoms with Crippen molar-refractivity contribution in [2.45, 2.75) is 32.1 Å². The Morgan fingerprint density at radius 1 is 1.43 bits per heavy atom. The third-order valence-electron chi connectivity index (χ3n) is 4.72. The number of para-hydroxylation sites is 2. The van der Waals surface area contributed by atoms with Crippen LogP contribution in [0.3, 0.4) is 0 Å². The van der Waals surface area contributed by atoms with Gasteiger partial charge in [-0.15, -0.1) is 0 Å². The molecule has 1 unspecified atom stereocenters. The summed E-state index contributed by atoms with van der Waals surface area (Å²) in [6, 6.07) is 8.18. The minimum atomic E-state index is 0.182. The van der Waals surface area contributed by atoms with Crippen molar-refractivity contribution in [1.29, 1.82) is 0 Å². The van der Waals surface area contributed by atoms with Crippen molar-refractivity contribution in [3.05, 3.63) is 30.1 Å². The summed E-state index contributed by atoms with van der Waals surface area (Å²) in [5, 5.41) is 6.38. The molecule has 1 aliphatic rings. The summed E-state index contributed by atoms with van der Waals surface area (Å²) in [6.07, 6.45) is 4.67. The number of nitrogens with zero attached hydrogens (tertiary/aromatic N) is 2. The highest BCUT2D eigenvalue weighted by atomic mass is 16.1. The Hall–Kier alpha value is -1.88. The van der Waals surface area contributed by atoms with Gasteiger partial charge >= 0.3 is 0 Å². The Labute approximate surface area is 137 Å². The van der Waals surface area contributed by atoms with Gasteiger partial charge in [0.1, 0.15) is 5.82 Å². The summed E-state index contributed by atoms with van der Waals surface area (Å²) >= 11 is 0. The Balaban J connectivity index is 1.38. The zero-order valence-electron chi connectivity index (χ0n) is 13.8. The summed E-state index contributed by atoms with van der Waals surface area (Å²) < 4.78 is 2.14. The molecule has 1 aromatic heterocycles. The van der Waals surface area contributed by atoms with Crippen LogP contribution < -0.4 is 10.6 Å². The van der Waals surface area contributed by atoms with Crippen molar-refractivity contribution in [2.75, 3.05) is 19.6 Å². The maximum atomic E-state index is 11.9. The van der Waals surface area contributed by atoms with E-state index in [2.05, 4.69) is 33.3 Å². The van der Waals surface area contributed by atoms with Gasteiger partial charge in [0.15, 0.2) is 0 Å². The Morgan fingerprint density at radius 3 is 3.09 bits per heavy atom. The summed E-state index contributed by atoms with van der Waals surface area (Å²) in [6.45, 7) is 2.90. The maximum Gasteiger partial charge on any atom is 0.220 e. The van der Waals surface area contributed by atoms with Gasteiger partial charge in [0.25, 0.3) is 0 Å². The van der Waals surface area contributed by atoms with Crippen LogP contribution in [0.5, 0.6) is 0 Å². The molecule has 3 rings (SSSR count). The molecular weight excluding hydrogens is 288 g/mol. The van der Waals surface area contributed by atoms with Crippen molar-refractivity contribution in [2.24, 2.45) is 13.0 Å². The number of imidazole rings is 1. The van der Waals surface area contributed by atoms with E-state index in [0.717, 1.165) is 55.8 Å². The van der Waals surface area contributed by atoms with Crippen molar-refractivity contribution in [3.8, 4) is 0 Å². The molecule has 23 heavy (non-hydrogen) atoms. The first kappa shape index (κ1) is 16.0. The second-order valence-electron chi connectivity index (χ2n) is 6.43. The molecule has 2 heterocycles. The molecule has 0 saturated carbocycles. The summed E-state index contributed by atoms with van der Waals surface area (Å²) in [4.78, 5) is 16.5. The predicted octanol–water partition coefficient (Wildman–Crippen LogP) is 2.01. The highest BCUT2D eigenvalue weighted by molar-refractivity contribution is 5.76. The number of carbonyl (C=O) groups is 1. The van der Waals surface area contributed by atoms with Gasteiger partial charge in [-0.2, -0.15) is 0 Å². The smallest absolute Gasteiger partial charge is 0.220 e. The van der Waals surface area contributed by atoms with E-state index in [0.29, 0.717) is 12.3 Å². The molecule has 124 valence electrons. The molecule has 5 nitrogen and oxygen atoms in total. The van der Waals surface area contributed by atoms with E-state index in [1.807, 2.05) is 18.2 Å². The fourth-order valence-corrected chi connectivity index (χ4v) is 3.28. The molecule has 0 radical (unpaired) electrons. The number of rotatable bonds is 7. The molecule has 1 atom stereocenters. The second kappa shape index (κ2) is 7.59. The minimum Gasteiger partial charge on any atom is -0.356 e. The van der Waals surface area contributed by atoms with Crippen LogP contribution in [-0.4, -0.2) is 35.1 Å². The first-order valence-corrected chi connectivity index (χ1v) is 8.62. The Bertz CT molecular complexity index is 658. The van der Waals surface area contributed by atoms with Crippen molar-refractivity contribution in [1.82, 2.24) is 20.2 Å². The monoisotopic (exact) mass is 314 g/mol. The molecule has 5 heteroatoms. The number of nitrogens with one attached hydrogen (secondary N) is 2. The molecule has 1 amide bonds. The average Bonchev–Trinajstić information content (AvgIpc) is 3.19. The summed E-state index contributed by atoms with van der Waals surface area (Å²) in [5.74, 6) is 1.94. The fourth-order valence-electron chi connectivity index (χ4n) is 3.28. The van der Waals surface area contributed by atoms with E-state index in [1.165, 1.54) is 6.42 Å². The van der Waals surface area contributed by atoms with Crippen molar-refractivity contribution < 1.29 is 4.79 Å². The number of benzene rings is 1. The maximum absolute atomic E-state index is 11.9. The molecule has 2 aromatic rings. The number of aryl methyl sites for hydroxylation is 2. The van der Waals surface area contributed by atoms with Gasteiger partial charge in [0.2, 0.25) is 5.91 Å². The molecule has 1 saturated heterocycles. The largest absolute Gasteiger partial charge is 0.356 e. The Morgan fingerprint density at radius 2 is 2.30 bits per heavy atom. The standard InChI is InChI=1S/C18H26N4O/c1-22-16-6-3-2-5-15(16)21-17(22)7-4-11-20-18(23)9-8-14-10-12-19-13-14/h2-3,5-6,14,19H,4,7-13H2,1H3,(H,20,23). The van der Waals surface area contributed by atoms with Gasteiger partial charge in [-0.05, 0) is 50.4 Å². The molecule has 1 fully saturated rings. The van der Waals surface area contributed by atoms with Crippen LogP contribution in [0.1, 0.15) is 31.5 Å². The zero-order valence-corrected chi connectivity index (χ0v) is 13.8. The first-order chi connectivity index (χ1) is 11.2. The van der Waals surface area contributed by atoms with Crippen LogP contribution in [-0.2, 0) is 18.3 Å². The number of amides is 1. The van der Waals surface area contributed by atoms with Crippen LogP contribution in [0.2, 0.25) is 0 Å². The highest BCUT2D eigenvalue weighted by Gasteiger charge is 2.15. The topological polar surface area (TPSA) is 59.0 Å². The molecule has 0 bridgehead atoms. The minimum absolute atomic E-state index is 0.182. The van der Waals surface area contributed by atoms with Gasteiger partial charge in [0, 0.05) is 26.4 Å². The van der Waals surface area contributed by atoms with E-state index < -0.39 is 0 Å². The average molecular weight is 314 g/mol. The van der Waals surface area contributed by atoms with Gasteiger partial charge in [-0.3, -0.25) is 4.79 Å². The lowest BCUT2D eigenvalue weighted by Crippen LogP contribution is -2.25. The van der Waals surface area contributed by atoms with E-state index in [1.54, 1.807) is 0 Å². The van der Waals surface area contributed by atoms with Gasteiger partial charge in [-0.1, -0.05) is 12.1 Å². The van der Waals surface area contributed by atoms with Crippen LogP contribution in [0.25, 0.3) is 11.0 Å². The summed E-state index contributed by atoms with van der Waals surface area (Å²) in [7, 11) is 2.05. The molecule has 1 aromatic carbocycles. The van der Waals surface area contributed by atoms with Crippen LogP contribution >= 0.6 is 0 Å². The number of hydrogen-bond donors (Lipinski definition) is 2. The van der Waals surface area contributed by atoms with Gasteiger partial charge < -0.3 is 15.2 Å². The van der Waals surface area contributed by atoms with E-state index in [-0.39, 0.29) is 5.91 Å². The fraction of sp³-hybridized carbons (Fsp3) is 0.556. The first-order valence-electron chi connectivity index (χ1n) is 8.62. The lowest BCUT2D eigenvalue weighted by atomic mass is 10.0. The van der Waals surface area contributed by atoms with Crippen LogP contribution in [0, 0.1) is 5.92 Å². The van der Waals surface area contributed by atoms with Gasteiger partial charge in [0.05, 0.1) is 11.0 Å². The van der Waals surface area contributed by atoms with E-state index in [4.69, 9.17) is 0 Å². The second-order valence-corrected chi connectivity index (χ2v) is 6.43. The number of carbonyl (C=O) groups excluding carboxylic acids is 1. The lowest BCUT2D eigenvalue weighted by molar-refractivity contribution is -0.121. The van der Waals surface area contributed by atoms with E-state index >= 15 is 0 Å². The van der Waals surface area contributed by atoms with Crippen molar-refractivity contribution in [3.63, 3.8) is 0 Å². The van der Waals surface area contributed by atoms with Crippen molar-refractivity contribution >= 4 is 16.9 Å². The molecule has 2 N–H and O–H groups in total. The quantitative estimate of drug-likeness (QED) is 0.769. The van der Waals surface area contributed by atoms with Crippen LogP contribution in [0.4, 0.5) is 0 Å². The van der Waals surface area contributed by atoms with Crippen LogP contribution in [0.15, 0.2) is 24.3 Å². The number of hydrogen-bond acceptors (Lipinski definition) is 3. The predicted molar refractivity (Wildman–Crippen MR) is 92.3 cm³/mol. The normalized spacial score (nSPS) is 17.7. The highest BCUT2D eigenvalue weighted by Crippen LogP contribution is 2.15. The lowest BCUT2D eigenvalue weighted by Gasteiger charge is -2.08. The van der Waals surface area contributed by atoms with E-state index in [9.17, 15) is 4.79 Å². The van der Waals surface area contributed by atoms with Gasteiger partial charge in [-0.25, -0.2) is 4.98 Å². The molecule has 0 spiro atoms. The molecule has 0 aliphatic carbocycles.